The number of benzene rings is 1. The van der Waals surface area contributed by atoms with Crippen molar-refractivity contribution >= 4 is 5.91 Å². The fourth-order valence-corrected chi connectivity index (χ4v) is 3.23. The zero-order valence-electron chi connectivity index (χ0n) is 14.9. The Bertz CT molecular complexity index is 551. The smallest absolute Gasteiger partial charge is 0.223 e. The highest BCUT2D eigenvalue weighted by molar-refractivity contribution is 5.79. The molecule has 0 saturated heterocycles. The summed E-state index contributed by atoms with van der Waals surface area (Å²) in [7, 11) is 4.72. The highest BCUT2D eigenvalue weighted by Gasteiger charge is 2.26. The molecule has 2 rings (SSSR count). The van der Waals surface area contributed by atoms with Gasteiger partial charge in [0.05, 0.1) is 27.4 Å². The Labute approximate surface area is 143 Å². The monoisotopic (exact) mass is 336 g/mol. The van der Waals surface area contributed by atoms with Gasteiger partial charge in [0.1, 0.15) is 0 Å². The molecule has 0 aliphatic heterocycles. The molecule has 1 aromatic carbocycles. The summed E-state index contributed by atoms with van der Waals surface area (Å²) in [6.07, 6.45) is 3.68. The molecule has 1 saturated carbocycles. The number of ether oxygens (including phenoxy) is 3. The maximum Gasteiger partial charge on any atom is 0.223 e. The molecule has 0 heterocycles. The van der Waals surface area contributed by atoms with Crippen LogP contribution in [0.4, 0.5) is 0 Å². The number of nitrogens with one attached hydrogen (secondary N) is 1. The van der Waals surface area contributed by atoms with E-state index >= 15 is 0 Å². The predicted molar refractivity (Wildman–Crippen MR) is 92.6 cm³/mol. The molecular weight excluding hydrogens is 308 g/mol. The Morgan fingerprint density at radius 3 is 2.29 bits per heavy atom. The molecular formula is C18H28N2O4. The first-order valence-electron chi connectivity index (χ1n) is 8.36. The average molecular weight is 336 g/mol. The number of methoxy groups -OCH3 is 3. The molecule has 1 aliphatic rings. The average Bonchev–Trinajstić information content (AvgIpc) is 2.60. The zero-order chi connectivity index (χ0) is 17.7. The van der Waals surface area contributed by atoms with Crippen molar-refractivity contribution in [2.45, 2.75) is 44.7 Å². The second kappa shape index (κ2) is 8.24. The highest BCUT2D eigenvalue weighted by Crippen LogP contribution is 2.39. The van der Waals surface area contributed by atoms with Gasteiger partial charge in [-0.2, -0.15) is 0 Å². The summed E-state index contributed by atoms with van der Waals surface area (Å²) in [6.45, 7) is 1.95. The van der Waals surface area contributed by atoms with Crippen LogP contribution in [0.1, 0.15) is 44.2 Å². The summed E-state index contributed by atoms with van der Waals surface area (Å²) in [4.78, 5) is 12.5. The number of nitrogens with two attached hydrogens (primary N) is 1. The third kappa shape index (κ3) is 4.12. The first-order chi connectivity index (χ1) is 11.5. The lowest BCUT2D eigenvalue weighted by Crippen LogP contribution is -2.38. The molecule has 6 heteroatoms. The fourth-order valence-electron chi connectivity index (χ4n) is 3.23. The maximum atomic E-state index is 12.5. The lowest BCUT2D eigenvalue weighted by Gasteiger charge is -2.27. The molecule has 1 aromatic rings. The van der Waals surface area contributed by atoms with Gasteiger partial charge in [-0.3, -0.25) is 4.79 Å². The lowest BCUT2D eigenvalue weighted by atomic mass is 9.85. The Balaban J connectivity index is 2.14. The molecule has 0 bridgehead atoms. The van der Waals surface area contributed by atoms with E-state index in [1.165, 1.54) is 0 Å². The van der Waals surface area contributed by atoms with E-state index in [9.17, 15) is 4.79 Å². The lowest BCUT2D eigenvalue weighted by molar-refractivity contribution is -0.126. The van der Waals surface area contributed by atoms with Gasteiger partial charge in [-0.25, -0.2) is 0 Å². The van der Waals surface area contributed by atoms with Crippen LogP contribution in [0, 0.1) is 5.92 Å². The van der Waals surface area contributed by atoms with E-state index in [0.717, 1.165) is 31.2 Å². The Morgan fingerprint density at radius 1 is 1.17 bits per heavy atom. The Morgan fingerprint density at radius 2 is 1.79 bits per heavy atom. The van der Waals surface area contributed by atoms with Crippen molar-refractivity contribution in [2.24, 2.45) is 11.7 Å². The maximum absolute atomic E-state index is 12.5. The minimum atomic E-state index is -0.163. The molecule has 3 N–H and O–H groups in total. The van der Waals surface area contributed by atoms with Crippen LogP contribution < -0.4 is 25.3 Å². The number of amides is 1. The SMILES string of the molecule is COc1cc(C(C)NC(=O)C2CCCC(N)C2)cc(OC)c1OC. The third-order valence-corrected chi connectivity index (χ3v) is 4.63. The quantitative estimate of drug-likeness (QED) is 0.833. The third-order valence-electron chi connectivity index (χ3n) is 4.63. The number of rotatable bonds is 6. The predicted octanol–water partition coefficient (Wildman–Crippen LogP) is 2.41. The van der Waals surface area contributed by atoms with E-state index in [1.807, 2.05) is 19.1 Å². The van der Waals surface area contributed by atoms with Crippen molar-refractivity contribution < 1.29 is 19.0 Å². The van der Waals surface area contributed by atoms with E-state index in [0.29, 0.717) is 17.2 Å². The summed E-state index contributed by atoms with van der Waals surface area (Å²) in [5, 5.41) is 3.08. The van der Waals surface area contributed by atoms with Crippen LogP contribution in [-0.4, -0.2) is 33.3 Å². The van der Waals surface area contributed by atoms with Gasteiger partial charge in [-0.1, -0.05) is 6.42 Å². The van der Waals surface area contributed by atoms with Gasteiger partial charge in [0.25, 0.3) is 0 Å². The van der Waals surface area contributed by atoms with Crippen LogP contribution in [0.2, 0.25) is 0 Å². The summed E-state index contributed by atoms with van der Waals surface area (Å²) in [6, 6.07) is 3.69. The van der Waals surface area contributed by atoms with Crippen LogP contribution in [-0.2, 0) is 4.79 Å². The Hall–Kier alpha value is -1.95. The molecule has 3 atom stereocenters. The number of carbonyl (C=O) groups is 1. The van der Waals surface area contributed by atoms with Gasteiger partial charge in [-0.15, -0.1) is 0 Å². The van der Waals surface area contributed by atoms with Crippen molar-refractivity contribution in [1.29, 1.82) is 0 Å². The van der Waals surface area contributed by atoms with Gasteiger partial charge in [0.2, 0.25) is 11.7 Å². The van der Waals surface area contributed by atoms with Crippen molar-refractivity contribution in [3.05, 3.63) is 17.7 Å². The molecule has 6 nitrogen and oxygen atoms in total. The summed E-state index contributed by atoms with van der Waals surface area (Å²) >= 11 is 0. The van der Waals surface area contributed by atoms with Crippen LogP contribution in [0.3, 0.4) is 0 Å². The van der Waals surface area contributed by atoms with Crippen molar-refractivity contribution in [1.82, 2.24) is 5.32 Å². The Kier molecular flexibility index (Phi) is 6.31. The number of hydrogen-bond acceptors (Lipinski definition) is 5. The minimum absolute atomic E-state index is 0.00163. The molecule has 1 fully saturated rings. The molecule has 134 valence electrons. The van der Waals surface area contributed by atoms with Gasteiger partial charge in [0.15, 0.2) is 11.5 Å². The molecule has 1 aliphatic carbocycles. The first-order valence-corrected chi connectivity index (χ1v) is 8.36. The topological polar surface area (TPSA) is 82.8 Å². The van der Waals surface area contributed by atoms with E-state index in [-0.39, 0.29) is 23.9 Å². The largest absolute Gasteiger partial charge is 0.493 e. The molecule has 0 aromatic heterocycles. The zero-order valence-corrected chi connectivity index (χ0v) is 14.9. The van der Waals surface area contributed by atoms with Crippen LogP contribution in [0.25, 0.3) is 0 Å². The van der Waals surface area contributed by atoms with Crippen molar-refractivity contribution in [3.63, 3.8) is 0 Å². The van der Waals surface area contributed by atoms with E-state index in [4.69, 9.17) is 19.9 Å². The number of carbonyl (C=O) groups excluding carboxylic acids is 1. The molecule has 0 spiro atoms. The van der Waals surface area contributed by atoms with Gasteiger partial charge in [0, 0.05) is 12.0 Å². The van der Waals surface area contributed by atoms with Gasteiger partial charge in [-0.05, 0) is 43.9 Å². The van der Waals surface area contributed by atoms with Crippen LogP contribution in [0.5, 0.6) is 17.2 Å². The molecule has 1 amide bonds. The van der Waals surface area contributed by atoms with Crippen LogP contribution >= 0.6 is 0 Å². The highest BCUT2D eigenvalue weighted by atomic mass is 16.5. The number of hydrogen-bond donors (Lipinski definition) is 2. The molecule has 3 unspecified atom stereocenters. The second-order valence-electron chi connectivity index (χ2n) is 6.31. The summed E-state index contributed by atoms with van der Waals surface area (Å²) in [5.74, 6) is 1.76. The van der Waals surface area contributed by atoms with Crippen molar-refractivity contribution in [3.8, 4) is 17.2 Å². The van der Waals surface area contributed by atoms with E-state index < -0.39 is 0 Å². The van der Waals surface area contributed by atoms with Crippen molar-refractivity contribution in [2.75, 3.05) is 21.3 Å². The molecule has 0 radical (unpaired) electrons. The summed E-state index contributed by atoms with van der Waals surface area (Å²) in [5.41, 5.74) is 6.89. The van der Waals surface area contributed by atoms with Crippen LogP contribution in [0.15, 0.2) is 12.1 Å². The van der Waals surface area contributed by atoms with E-state index in [2.05, 4.69) is 5.32 Å². The fraction of sp³-hybridized carbons (Fsp3) is 0.611. The first kappa shape index (κ1) is 18.4. The van der Waals surface area contributed by atoms with Gasteiger partial charge >= 0.3 is 0 Å². The molecule has 24 heavy (non-hydrogen) atoms. The second-order valence-corrected chi connectivity index (χ2v) is 6.31. The standard InChI is InChI=1S/C18H28N2O4/c1-11(20-18(21)12-6-5-7-14(19)8-12)13-9-15(22-2)17(24-4)16(10-13)23-3/h9-12,14H,5-8,19H2,1-4H3,(H,20,21). The normalized spacial score (nSPS) is 21.7. The van der Waals surface area contributed by atoms with E-state index in [1.54, 1.807) is 21.3 Å². The van der Waals surface area contributed by atoms with Gasteiger partial charge < -0.3 is 25.3 Å². The summed E-state index contributed by atoms with van der Waals surface area (Å²) < 4.78 is 16.1. The minimum Gasteiger partial charge on any atom is -0.493 e.